The van der Waals surface area contributed by atoms with Gasteiger partial charge in [0.25, 0.3) is 5.89 Å². The molecule has 2 aromatic carbocycles. The van der Waals surface area contributed by atoms with Crippen molar-refractivity contribution in [3.05, 3.63) is 65.0 Å². The van der Waals surface area contributed by atoms with E-state index in [9.17, 15) is 18.0 Å². The largest absolute Gasteiger partial charge is 0.416 e. The summed E-state index contributed by atoms with van der Waals surface area (Å²) in [6, 6.07) is 10.3. The molecule has 0 aliphatic carbocycles. The number of carbonyl (C=O) groups is 1. The number of anilines is 1. The van der Waals surface area contributed by atoms with Crippen molar-refractivity contribution in [3.63, 3.8) is 0 Å². The number of halogens is 3. The summed E-state index contributed by atoms with van der Waals surface area (Å²) in [7, 11) is 0. The van der Waals surface area contributed by atoms with Crippen LogP contribution in [-0.4, -0.2) is 22.6 Å². The summed E-state index contributed by atoms with van der Waals surface area (Å²) in [5.74, 6) is 0.242. The number of aromatic nitrogens is 2. The van der Waals surface area contributed by atoms with Crippen molar-refractivity contribution in [2.24, 2.45) is 0 Å². The number of rotatable bonds is 3. The Morgan fingerprint density at radius 3 is 2.52 bits per heavy atom. The van der Waals surface area contributed by atoms with Crippen LogP contribution in [0.5, 0.6) is 0 Å². The molecule has 1 amide bonds. The number of carbonyl (C=O) groups excluding carboxylic acids is 1. The van der Waals surface area contributed by atoms with Crippen molar-refractivity contribution in [2.75, 3.05) is 11.4 Å². The van der Waals surface area contributed by atoms with E-state index in [0.717, 1.165) is 28.9 Å². The van der Waals surface area contributed by atoms with Gasteiger partial charge in [0.15, 0.2) is 5.82 Å². The van der Waals surface area contributed by atoms with Gasteiger partial charge in [-0.3, -0.25) is 4.79 Å². The van der Waals surface area contributed by atoms with Crippen LogP contribution < -0.4 is 4.90 Å². The van der Waals surface area contributed by atoms with Crippen molar-refractivity contribution in [1.29, 1.82) is 0 Å². The summed E-state index contributed by atoms with van der Waals surface area (Å²) in [6.45, 7) is 4.39. The number of hydrogen-bond acceptors (Lipinski definition) is 4. The van der Waals surface area contributed by atoms with Gasteiger partial charge in [0.1, 0.15) is 0 Å². The number of alkyl halides is 3. The highest BCUT2D eigenvalue weighted by Crippen LogP contribution is 2.34. The van der Waals surface area contributed by atoms with Crippen LogP contribution in [0.25, 0.3) is 11.5 Å². The number of nitrogens with zero attached hydrogens (tertiary/aromatic N) is 3. The molecule has 29 heavy (non-hydrogen) atoms. The normalized spacial score (nSPS) is 17.2. The molecule has 0 spiro atoms. The second-order valence-electron chi connectivity index (χ2n) is 7.16. The monoisotopic (exact) mass is 401 g/mol. The van der Waals surface area contributed by atoms with Crippen LogP contribution in [0.15, 0.2) is 47.0 Å². The van der Waals surface area contributed by atoms with Gasteiger partial charge in [-0.15, -0.1) is 0 Å². The lowest BCUT2D eigenvalue weighted by Gasteiger charge is -2.19. The first-order valence-corrected chi connectivity index (χ1v) is 9.12. The van der Waals surface area contributed by atoms with Crippen LogP contribution in [0.4, 0.5) is 18.9 Å². The first kappa shape index (κ1) is 19.2. The van der Waals surface area contributed by atoms with Crippen LogP contribution in [-0.2, 0) is 11.0 Å². The molecule has 1 unspecified atom stereocenters. The molecule has 150 valence electrons. The van der Waals surface area contributed by atoms with Crippen molar-refractivity contribution >= 4 is 11.6 Å². The number of hydrogen-bond donors (Lipinski definition) is 0. The van der Waals surface area contributed by atoms with E-state index in [-0.39, 0.29) is 24.1 Å². The van der Waals surface area contributed by atoms with Crippen molar-refractivity contribution in [1.82, 2.24) is 10.1 Å². The van der Waals surface area contributed by atoms with Gasteiger partial charge in [0.05, 0.1) is 5.56 Å². The fourth-order valence-corrected chi connectivity index (χ4v) is 3.46. The summed E-state index contributed by atoms with van der Waals surface area (Å²) in [5.41, 5.74) is 2.66. The third kappa shape index (κ3) is 3.62. The maximum Gasteiger partial charge on any atom is 0.416 e. The van der Waals surface area contributed by atoms with Gasteiger partial charge >= 0.3 is 6.18 Å². The fourth-order valence-electron chi connectivity index (χ4n) is 3.46. The van der Waals surface area contributed by atoms with Gasteiger partial charge in [-0.2, -0.15) is 18.2 Å². The average molecular weight is 401 g/mol. The third-order valence-corrected chi connectivity index (χ3v) is 5.26. The quantitative estimate of drug-likeness (QED) is 0.627. The summed E-state index contributed by atoms with van der Waals surface area (Å²) < 4.78 is 43.4. The standard InChI is InChI=1S/C21H18F3N3O2/c1-12-4-3-5-17(13(12)2)27-11-15(10-18(27)28)19-25-20(29-26-19)14-6-8-16(9-7-14)21(22,23)24/h3-9,15H,10-11H2,1-2H3. The van der Waals surface area contributed by atoms with Crippen LogP contribution in [0, 0.1) is 13.8 Å². The Bertz CT molecular complexity index is 1060. The Morgan fingerprint density at radius 1 is 1.10 bits per heavy atom. The van der Waals surface area contributed by atoms with Crippen LogP contribution in [0.2, 0.25) is 0 Å². The molecule has 1 aliphatic heterocycles. The highest BCUT2D eigenvalue weighted by atomic mass is 19.4. The zero-order valence-corrected chi connectivity index (χ0v) is 15.8. The summed E-state index contributed by atoms with van der Waals surface area (Å²) in [5, 5.41) is 3.96. The van der Waals surface area contributed by atoms with Crippen LogP contribution in [0.3, 0.4) is 0 Å². The first-order valence-electron chi connectivity index (χ1n) is 9.12. The summed E-state index contributed by atoms with van der Waals surface area (Å²) >= 11 is 0. The predicted octanol–water partition coefficient (Wildman–Crippen LogP) is 4.89. The van der Waals surface area contributed by atoms with E-state index in [2.05, 4.69) is 10.1 Å². The lowest BCUT2D eigenvalue weighted by Crippen LogP contribution is -2.25. The molecule has 1 aliphatic rings. The van der Waals surface area contributed by atoms with E-state index in [1.807, 2.05) is 32.0 Å². The van der Waals surface area contributed by atoms with Gasteiger partial charge in [0, 0.05) is 30.1 Å². The molecule has 1 fully saturated rings. The summed E-state index contributed by atoms with van der Waals surface area (Å²) in [4.78, 5) is 18.6. The topological polar surface area (TPSA) is 59.2 Å². The minimum absolute atomic E-state index is 0.0235. The Kier molecular flexibility index (Phi) is 4.64. The van der Waals surface area contributed by atoms with E-state index in [1.165, 1.54) is 12.1 Å². The van der Waals surface area contributed by atoms with E-state index in [1.54, 1.807) is 4.90 Å². The van der Waals surface area contributed by atoms with Gasteiger partial charge in [-0.05, 0) is 55.3 Å². The molecule has 2 heterocycles. The van der Waals surface area contributed by atoms with E-state index < -0.39 is 11.7 Å². The molecule has 3 aromatic rings. The lowest BCUT2D eigenvalue weighted by atomic mass is 10.1. The van der Waals surface area contributed by atoms with Gasteiger partial charge in [-0.1, -0.05) is 17.3 Å². The summed E-state index contributed by atoms with van der Waals surface area (Å²) in [6.07, 6.45) is -4.15. The fraction of sp³-hybridized carbons (Fsp3) is 0.286. The maximum atomic E-state index is 12.7. The molecule has 1 aromatic heterocycles. The van der Waals surface area contributed by atoms with Crippen molar-refractivity contribution in [2.45, 2.75) is 32.4 Å². The number of aryl methyl sites for hydroxylation is 1. The highest BCUT2D eigenvalue weighted by Gasteiger charge is 2.35. The molecular weight excluding hydrogens is 383 g/mol. The van der Waals surface area contributed by atoms with Crippen molar-refractivity contribution in [3.8, 4) is 11.5 Å². The molecule has 0 radical (unpaired) electrons. The SMILES string of the molecule is Cc1cccc(N2CC(c3noc(-c4ccc(C(F)(F)F)cc4)n3)CC2=O)c1C. The molecule has 0 saturated carbocycles. The van der Waals surface area contributed by atoms with Crippen molar-refractivity contribution < 1.29 is 22.5 Å². The van der Waals surface area contributed by atoms with Crippen LogP contribution >= 0.6 is 0 Å². The van der Waals surface area contributed by atoms with Gasteiger partial charge in [-0.25, -0.2) is 0 Å². The van der Waals surface area contributed by atoms with Crippen LogP contribution in [0.1, 0.15) is 34.9 Å². The minimum Gasteiger partial charge on any atom is -0.334 e. The van der Waals surface area contributed by atoms with E-state index in [0.29, 0.717) is 17.9 Å². The molecule has 0 bridgehead atoms. The second kappa shape index (κ2) is 7.02. The van der Waals surface area contributed by atoms with Gasteiger partial charge in [0.2, 0.25) is 5.91 Å². The molecule has 4 rings (SSSR count). The predicted molar refractivity (Wildman–Crippen MR) is 100 cm³/mol. The average Bonchev–Trinajstić information content (AvgIpc) is 3.30. The highest BCUT2D eigenvalue weighted by molar-refractivity contribution is 5.97. The zero-order chi connectivity index (χ0) is 20.8. The molecule has 1 atom stereocenters. The van der Waals surface area contributed by atoms with E-state index in [4.69, 9.17) is 4.52 Å². The Morgan fingerprint density at radius 2 is 1.83 bits per heavy atom. The lowest BCUT2D eigenvalue weighted by molar-refractivity contribution is -0.137. The zero-order valence-electron chi connectivity index (χ0n) is 15.8. The Balaban J connectivity index is 1.54. The minimum atomic E-state index is -4.40. The molecule has 5 nitrogen and oxygen atoms in total. The van der Waals surface area contributed by atoms with E-state index >= 15 is 0 Å². The maximum absolute atomic E-state index is 12.7. The number of amides is 1. The van der Waals surface area contributed by atoms with Gasteiger partial charge < -0.3 is 9.42 Å². The molecule has 0 N–H and O–H groups in total. The smallest absolute Gasteiger partial charge is 0.334 e. The molecular formula is C21H18F3N3O2. The second-order valence-corrected chi connectivity index (χ2v) is 7.16. The Labute approximate surface area is 165 Å². The molecule has 8 heteroatoms. The molecule has 1 saturated heterocycles. The third-order valence-electron chi connectivity index (χ3n) is 5.26. The first-order chi connectivity index (χ1) is 13.7. The number of benzene rings is 2. The Hall–Kier alpha value is -3.16.